The number of benzene rings is 2. The van der Waals surface area contributed by atoms with Crippen LogP contribution < -0.4 is 10.6 Å². The first kappa shape index (κ1) is 23.9. The summed E-state index contributed by atoms with van der Waals surface area (Å²) in [5, 5.41) is 16.1. The van der Waals surface area contributed by atoms with Gasteiger partial charge in [0.15, 0.2) is 0 Å². The first-order chi connectivity index (χ1) is 13.5. The first-order valence-electron chi connectivity index (χ1n) is 11.0. The predicted molar refractivity (Wildman–Crippen MR) is 130 cm³/mol. The summed E-state index contributed by atoms with van der Waals surface area (Å²) >= 11 is 0. The summed E-state index contributed by atoms with van der Waals surface area (Å²) in [4.78, 5) is 0. The fourth-order valence-electron chi connectivity index (χ4n) is 4.13. The smallest absolute Gasteiger partial charge is 0.122 e. The van der Waals surface area contributed by atoms with Gasteiger partial charge in [-0.3, -0.25) is 0 Å². The number of aromatic hydroxyl groups is 1. The van der Waals surface area contributed by atoms with E-state index in [-0.39, 0.29) is 10.7 Å². The van der Waals surface area contributed by atoms with Crippen molar-refractivity contribution in [2.75, 3.05) is 0 Å². The first-order valence-corrected chi connectivity index (χ1v) is 12.0. The van der Waals surface area contributed by atoms with Crippen LogP contribution in [0.25, 0.3) is 0 Å². The van der Waals surface area contributed by atoms with Crippen LogP contribution in [0, 0.1) is 20.8 Å². The third-order valence-corrected chi connectivity index (χ3v) is 8.09. The maximum atomic E-state index is 11.0. The van der Waals surface area contributed by atoms with Gasteiger partial charge in [0.05, 0.1) is 0 Å². The zero-order valence-corrected chi connectivity index (χ0v) is 20.7. The van der Waals surface area contributed by atoms with E-state index in [0.29, 0.717) is 14.3 Å². The Hall–Kier alpha value is -1.37. The van der Waals surface area contributed by atoms with Gasteiger partial charge in [-0.15, -0.1) is 0 Å². The number of aryl methyl sites for hydroxylation is 3. The molecule has 2 aromatic rings. The second kappa shape index (κ2) is 9.63. The highest BCUT2D eigenvalue weighted by Gasteiger charge is 2.34. The van der Waals surface area contributed by atoms with Crippen molar-refractivity contribution < 1.29 is 5.11 Å². The normalized spacial score (nSPS) is 14.5. The molecule has 2 N–H and O–H groups in total. The predicted octanol–water partition coefficient (Wildman–Crippen LogP) is 6.61. The van der Waals surface area contributed by atoms with Gasteiger partial charge in [0.1, 0.15) is 5.75 Å². The van der Waals surface area contributed by atoms with Gasteiger partial charge in [0.2, 0.25) is 0 Å². The van der Waals surface area contributed by atoms with E-state index in [2.05, 4.69) is 84.1 Å². The fraction of sp³-hybridized carbons (Fsp3) is 0.538. The van der Waals surface area contributed by atoms with Crippen LogP contribution in [-0.2, 0) is 11.7 Å². The minimum absolute atomic E-state index is 0.0296. The highest BCUT2D eigenvalue weighted by atomic mass is 31.1. The zero-order valence-electron chi connectivity index (χ0n) is 19.7. The summed E-state index contributed by atoms with van der Waals surface area (Å²) in [6, 6.07) is 11.0. The molecule has 0 radical (unpaired) electrons. The molecular formula is C26H40NOP. The Morgan fingerprint density at radius 2 is 1.69 bits per heavy atom. The number of rotatable bonds is 8. The minimum Gasteiger partial charge on any atom is -0.507 e. The van der Waals surface area contributed by atoms with Gasteiger partial charge in [-0.05, 0) is 76.4 Å². The third kappa shape index (κ3) is 5.83. The number of phenols is 1. The van der Waals surface area contributed by atoms with E-state index in [4.69, 9.17) is 0 Å². The van der Waals surface area contributed by atoms with Crippen LogP contribution in [0.15, 0.2) is 30.3 Å². The molecule has 0 amide bonds. The quantitative estimate of drug-likeness (QED) is 0.477. The standard InChI is InChI=1S/C26H40NOP/c1-9-14-26(10-2,22-16-18(3)15-20(5)23(22)28)29-24-19(4)12-11-13-21(24)17-27-25(6,7)8/h11-13,15-16,27-29H,9-10,14,17H2,1-8H3. The Balaban J connectivity index is 2.57. The molecule has 2 nitrogen and oxygen atoms in total. The Morgan fingerprint density at radius 1 is 1.00 bits per heavy atom. The second-order valence-electron chi connectivity index (χ2n) is 9.50. The van der Waals surface area contributed by atoms with E-state index in [9.17, 15) is 5.11 Å². The molecule has 0 aliphatic rings. The van der Waals surface area contributed by atoms with Crippen LogP contribution in [0.5, 0.6) is 5.75 Å². The zero-order chi connectivity index (χ0) is 21.8. The highest BCUT2D eigenvalue weighted by Crippen LogP contribution is 2.52. The van der Waals surface area contributed by atoms with Crippen LogP contribution in [0.1, 0.15) is 81.7 Å². The molecule has 160 valence electrons. The minimum atomic E-state index is -0.0296. The van der Waals surface area contributed by atoms with Gasteiger partial charge in [0, 0.05) is 22.8 Å². The number of phenolic OH excluding ortho intramolecular Hbond substituents is 1. The molecule has 0 aromatic heterocycles. The molecule has 2 aromatic carbocycles. The van der Waals surface area contributed by atoms with E-state index in [0.717, 1.165) is 36.9 Å². The molecule has 0 fully saturated rings. The lowest BCUT2D eigenvalue weighted by Gasteiger charge is -2.36. The molecule has 0 aliphatic carbocycles. The monoisotopic (exact) mass is 413 g/mol. The lowest BCUT2D eigenvalue weighted by molar-refractivity contribution is 0.425. The summed E-state index contributed by atoms with van der Waals surface area (Å²) in [6.07, 6.45) is 3.21. The topological polar surface area (TPSA) is 32.3 Å². The lowest BCUT2D eigenvalue weighted by Crippen LogP contribution is -2.36. The molecular weight excluding hydrogens is 373 g/mol. The molecule has 0 spiro atoms. The van der Waals surface area contributed by atoms with Crippen molar-refractivity contribution in [2.45, 2.75) is 91.9 Å². The molecule has 0 heterocycles. The summed E-state index contributed by atoms with van der Waals surface area (Å²) in [7, 11) is 0.630. The Bertz CT molecular complexity index is 837. The second-order valence-corrected chi connectivity index (χ2v) is 11.2. The molecule has 2 rings (SSSR count). The van der Waals surface area contributed by atoms with Crippen molar-refractivity contribution >= 4 is 13.9 Å². The van der Waals surface area contributed by atoms with E-state index >= 15 is 0 Å². The highest BCUT2D eigenvalue weighted by molar-refractivity contribution is 7.48. The van der Waals surface area contributed by atoms with Crippen LogP contribution in [-0.4, -0.2) is 10.6 Å². The molecule has 0 saturated carbocycles. The van der Waals surface area contributed by atoms with Crippen LogP contribution >= 0.6 is 8.58 Å². The average molecular weight is 414 g/mol. The maximum Gasteiger partial charge on any atom is 0.122 e. The van der Waals surface area contributed by atoms with Crippen LogP contribution in [0.4, 0.5) is 0 Å². The molecule has 0 bridgehead atoms. The van der Waals surface area contributed by atoms with E-state index < -0.39 is 0 Å². The Labute approximate surface area is 180 Å². The summed E-state index contributed by atoms with van der Waals surface area (Å²) < 4.78 is 0. The molecule has 0 aliphatic heterocycles. The summed E-state index contributed by atoms with van der Waals surface area (Å²) in [5.74, 6) is 0.487. The largest absolute Gasteiger partial charge is 0.507 e. The van der Waals surface area contributed by atoms with Crippen molar-refractivity contribution in [3.63, 3.8) is 0 Å². The SMILES string of the molecule is CCCC(CC)(Pc1c(C)cccc1CNC(C)(C)C)c1cc(C)cc(C)c1O. The number of hydrogen-bond acceptors (Lipinski definition) is 2. The lowest BCUT2D eigenvalue weighted by atomic mass is 9.88. The van der Waals surface area contributed by atoms with Crippen molar-refractivity contribution in [3.8, 4) is 5.75 Å². The molecule has 29 heavy (non-hydrogen) atoms. The molecule has 3 heteroatoms. The van der Waals surface area contributed by atoms with Crippen LogP contribution in [0.2, 0.25) is 0 Å². The van der Waals surface area contributed by atoms with Gasteiger partial charge in [-0.1, -0.05) is 64.7 Å². The summed E-state index contributed by atoms with van der Waals surface area (Å²) in [5.41, 5.74) is 6.18. The molecule has 2 unspecified atom stereocenters. The summed E-state index contributed by atoms with van der Waals surface area (Å²) in [6.45, 7) is 18.4. The molecule has 2 atom stereocenters. The van der Waals surface area contributed by atoms with Gasteiger partial charge < -0.3 is 10.4 Å². The van der Waals surface area contributed by atoms with Crippen molar-refractivity contribution in [1.29, 1.82) is 0 Å². The van der Waals surface area contributed by atoms with E-state index in [1.54, 1.807) is 0 Å². The third-order valence-electron chi connectivity index (χ3n) is 5.77. The number of hydrogen-bond donors (Lipinski definition) is 2. The Kier molecular flexibility index (Phi) is 7.93. The van der Waals surface area contributed by atoms with Crippen LogP contribution in [0.3, 0.4) is 0 Å². The van der Waals surface area contributed by atoms with Crippen molar-refractivity contribution in [1.82, 2.24) is 5.32 Å². The van der Waals surface area contributed by atoms with Gasteiger partial charge in [-0.2, -0.15) is 0 Å². The van der Waals surface area contributed by atoms with Crippen molar-refractivity contribution in [2.24, 2.45) is 0 Å². The van der Waals surface area contributed by atoms with E-state index in [1.807, 2.05) is 6.92 Å². The van der Waals surface area contributed by atoms with Gasteiger partial charge >= 0.3 is 0 Å². The number of nitrogens with one attached hydrogen (secondary N) is 1. The van der Waals surface area contributed by atoms with Crippen molar-refractivity contribution in [3.05, 3.63) is 58.1 Å². The molecule has 0 saturated heterocycles. The van der Waals surface area contributed by atoms with E-state index in [1.165, 1.54) is 22.0 Å². The van der Waals surface area contributed by atoms with Gasteiger partial charge in [-0.25, -0.2) is 0 Å². The average Bonchev–Trinajstić information content (AvgIpc) is 2.64. The Morgan fingerprint density at radius 3 is 2.28 bits per heavy atom. The maximum absolute atomic E-state index is 11.0. The van der Waals surface area contributed by atoms with Gasteiger partial charge in [0.25, 0.3) is 0 Å². The fourth-order valence-corrected chi connectivity index (χ4v) is 6.09.